The van der Waals surface area contributed by atoms with Gasteiger partial charge < -0.3 is 5.11 Å². The first kappa shape index (κ1) is 18.3. The van der Waals surface area contributed by atoms with Crippen LogP contribution in [0.5, 0.6) is 5.75 Å². The average molecular weight is 478 g/mol. The van der Waals surface area contributed by atoms with Gasteiger partial charge in [0.05, 0.1) is 12.8 Å². The maximum Gasteiger partial charge on any atom is 0.291 e. The van der Waals surface area contributed by atoms with Gasteiger partial charge in [-0.2, -0.15) is 10.2 Å². The second kappa shape index (κ2) is 8.29. The molecule has 6 nitrogen and oxygen atoms in total. The maximum atomic E-state index is 12.1. The van der Waals surface area contributed by atoms with Gasteiger partial charge in [0, 0.05) is 20.7 Å². The Morgan fingerprint density at radius 3 is 2.81 bits per heavy atom. The molecule has 0 spiro atoms. The Morgan fingerprint density at radius 2 is 2.00 bits per heavy atom. The first-order valence-electron chi connectivity index (χ1n) is 7.61. The summed E-state index contributed by atoms with van der Waals surface area (Å²) in [6.45, 7) is 0.557. The van der Waals surface area contributed by atoms with Crippen molar-refractivity contribution in [3.8, 4) is 5.75 Å². The minimum absolute atomic E-state index is 0.0736. The number of phenols is 1. The summed E-state index contributed by atoms with van der Waals surface area (Å²) in [6.07, 6.45) is 3.11. The Morgan fingerprint density at radius 1 is 1.19 bits per heavy atom. The van der Waals surface area contributed by atoms with Gasteiger partial charge in [-0.15, -0.1) is 0 Å². The number of hydrogen-bond acceptors (Lipinski definition) is 4. The molecule has 0 bridgehead atoms. The number of nitrogens with one attached hydrogen (secondary N) is 1. The van der Waals surface area contributed by atoms with Crippen LogP contribution in [0.3, 0.4) is 0 Å². The highest BCUT2D eigenvalue weighted by Gasteiger charge is 2.09. The number of hydrogen-bond donors (Lipinski definition) is 2. The Bertz CT molecular complexity index is 969. The lowest BCUT2D eigenvalue weighted by Crippen LogP contribution is -2.18. The van der Waals surface area contributed by atoms with Crippen LogP contribution in [-0.2, 0) is 6.54 Å². The molecule has 2 N–H and O–H groups in total. The summed E-state index contributed by atoms with van der Waals surface area (Å²) in [5.41, 5.74) is 4.21. The number of aromatic hydroxyl groups is 1. The standard InChI is InChI=1S/C18H14Br2N4O2/c19-14-3-1-2-12(8-14)11-24-7-6-16(23-24)18(26)22-21-10-13-9-15(20)4-5-17(13)25/h1-10,25H,11H2,(H,22,26)/b21-10+. The normalized spacial score (nSPS) is 11.0. The first-order valence-corrected chi connectivity index (χ1v) is 9.20. The van der Waals surface area contributed by atoms with E-state index in [1.165, 1.54) is 12.3 Å². The van der Waals surface area contributed by atoms with Crippen LogP contribution in [0.4, 0.5) is 0 Å². The van der Waals surface area contributed by atoms with Crippen molar-refractivity contribution >= 4 is 44.0 Å². The molecule has 0 unspecified atom stereocenters. The topological polar surface area (TPSA) is 79.5 Å². The Balaban J connectivity index is 1.63. The van der Waals surface area contributed by atoms with Crippen molar-refractivity contribution in [2.24, 2.45) is 5.10 Å². The molecule has 0 aliphatic heterocycles. The van der Waals surface area contributed by atoms with Gasteiger partial charge in [0.2, 0.25) is 0 Å². The van der Waals surface area contributed by atoms with Gasteiger partial charge in [0.1, 0.15) is 5.75 Å². The second-order valence-electron chi connectivity index (χ2n) is 5.43. The molecule has 0 saturated carbocycles. The zero-order valence-corrected chi connectivity index (χ0v) is 16.6. The predicted octanol–water partition coefficient (Wildman–Crippen LogP) is 3.93. The number of aromatic nitrogens is 2. The number of carbonyl (C=O) groups excluding carboxylic acids is 1. The van der Waals surface area contributed by atoms with Gasteiger partial charge in [0.15, 0.2) is 5.69 Å². The molecule has 132 valence electrons. The minimum Gasteiger partial charge on any atom is -0.507 e. The summed E-state index contributed by atoms with van der Waals surface area (Å²) < 4.78 is 3.47. The Kier molecular flexibility index (Phi) is 5.85. The molecule has 0 aliphatic carbocycles. The average Bonchev–Trinajstić information content (AvgIpc) is 3.06. The van der Waals surface area contributed by atoms with Crippen LogP contribution in [0.2, 0.25) is 0 Å². The lowest BCUT2D eigenvalue weighted by atomic mass is 10.2. The molecule has 1 amide bonds. The molecule has 1 heterocycles. The lowest BCUT2D eigenvalue weighted by Gasteiger charge is -2.02. The number of rotatable bonds is 5. The number of halogens is 2. The van der Waals surface area contributed by atoms with Crippen LogP contribution in [0.1, 0.15) is 21.6 Å². The van der Waals surface area contributed by atoms with E-state index >= 15 is 0 Å². The molecule has 1 aromatic heterocycles. The number of hydrazone groups is 1. The number of phenolic OH excluding ortho intramolecular Hbond substituents is 1. The van der Waals surface area contributed by atoms with Crippen LogP contribution >= 0.6 is 31.9 Å². The molecule has 26 heavy (non-hydrogen) atoms. The van der Waals surface area contributed by atoms with E-state index in [-0.39, 0.29) is 11.4 Å². The third kappa shape index (κ3) is 4.80. The summed E-state index contributed by atoms with van der Waals surface area (Å²) in [7, 11) is 0. The smallest absolute Gasteiger partial charge is 0.291 e. The molecule has 0 radical (unpaired) electrons. The largest absolute Gasteiger partial charge is 0.507 e. The second-order valence-corrected chi connectivity index (χ2v) is 7.26. The van der Waals surface area contributed by atoms with E-state index < -0.39 is 5.91 Å². The van der Waals surface area contributed by atoms with E-state index in [1.54, 1.807) is 29.1 Å². The minimum atomic E-state index is -0.427. The first-order chi connectivity index (χ1) is 12.5. The van der Waals surface area contributed by atoms with Crippen molar-refractivity contribution in [1.29, 1.82) is 0 Å². The molecular weight excluding hydrogens is 464 g/mol. The predicted molar refractivity (Wildman–Crippen MR) is 106 cm³/mol. The van der Waals surface area contributed by atoms with Crippen molar-refractivity contribution in [3.05, 3.63) is 80.5 Å². The summed E-state index contributed by atoms with van der Waals surface area (Å²) in [5.74, 6) is -0.353. The molecule has 0 aliphatic rings. The van der Waals surface area contributed by atoms with Crippen LogP contribution in [0, 0.1) is 0 Å². The molecular formula is C18H14Br2N4O2. The van der Waals surface area contributed by atoms with Gasteiger partial charge in [-0.1, -0.05) is 44.0 Å². The quantitative estimate of drug-likeness (QED) is 0.431. The third-order valence-electron chi connectivity index (χ3n) is 3.47. The highest BCUT2D eigenvalue weighted by molar-refractivity contribution is 9.10. The molecule has 3 rings (SSSR count). The summed E-state index contributed by atoms with van der Waals surface area (Å²) >= 11 is 6.74. The van der Waals surface area contributed by atoms with Crippen molar-refractivity contribution in [1.82, 2.24) is 15.2 Å². The number of benzene rings is 2. The zero-order valence-electron chi connectivity index (χ0n) is 13.4. The highest BCUT2D eigenvalue weighted by Crippen LogP contribution is 2.20. The zero-order chi connectivity index (χ0) is 18.5. The summed E-state index contributed by atoms with van der Waals surface area (Å²) in [5, 5.41) is 17.9. The maximum absolute atomic E-state index is 12.1. The SMILES string of the molecule is O=C(N/N=C/c1cc(Br)ccc1O)c1ccn(Cc2cccc(Br)c2)n1. The van der Waals surface area contributed by atoms with Gasteiger partial charge in [0.25, 0.3) is 5.91 Å². The van der Waals surface area contributed by atoms with Crippen molar-refractivity contribution < 1.29 is 9.90 Å². The Labute approximate surface area is 166 Å². The monoisotopic (exact) mass is 476 g/mol. The molecule has 0 fully saturated rings. The van der Waals surface area contributed by atoms with E-state index in [1.807, 2.05) is 24.3 Å². The molecule has 0 saturated heterocycles. The van der Waals surface area contributed by atoms with E-state index in [0.717, 1.165) is 14.5 Å². The molecule has 8 heteroatoms. The highest BCUT2D eigenvalue weighted by atomic mass is 79.9. The molecule has 3 aromatic rings. The van der Waals surface area contributed by atoms with Crippen molar-refractivity contribution in [3.63, 3.8) is 0 Å². The van der Waals surface area contributed by atoms with Crippen molar-refractivity contribution in [2.75, 3.05) is 0 Å². The molecule has 2 aromatic carbocycles. The fourth-order valence-corrected chi connectivity index (χ4v) is 3.07. The number of carbonyl (C=O) groups is 1. The van der Waals surface area contributed by atoms with E-state index in [0.29, 0.717) is 12.1 Å². The van der Waals surface area contributed by atoms with E-state index in [4.69, 9.17) is 0 Å². The fourth-order valence-electron chi connectivity index (χ4n) is 2.24. The lowest BCUT2D eigenvalue weighted by molar-refractivity contribution is 0.0949. The van der Waals surface area contributed by atoms with Crippen LogP contribution in [-0.4, -0.2) is 27.0 Å². The van der Waals surface area contributed by atoms with Crippen LogP contribution in [0.25, 0.3) is 0 Å². The van der Waals surface area contributed by atoms with E-state index in [9.17, 15) is 9.90 Å². The summed E-state index contributed by atoms with van der Waals surface area (Å²) in [4.78, 5) is 12.1. The Hall–Kier alpha value is -2.45. The number of nitrogens with zero attached hydrogens (tertiary/aromatic N) is 3. The van der Waals surface area contributed by atoms with Crippen LogP contribution in [0.15, 0.2) is 68.8 Å². The third-order valence-corrected chi connectivity index (χ3v) is 4.45. The van der Waals surface area contributed by atoms with Gasteiger partial charge in [-0.3, -0.25) is 9.48 Å². The molecule has 0 atom stereocenters. The number of amides is 1. The van der Waals surface area contributed by atoms with Crippen LogP contribution < -0.4 is 5.43 Å². The van der Waals surface area contributed by atoms with Gasteiger partial charge >= 0.3 is 0 Å². The fraction of sp³-hybridized carbons (Fsp3) is 0.0556. The van der Waals surface area contributed by atoms with Crippen molar-refractivity contribution in [2.45, 2.75) is 6.54 Å². The van der Waals surface area contributed by atoms with Gasteiger partial charge in [-0.05, 0) is 42.0 Å². The van der Waals surface area contributed by atoms with E-state index in [2.05, 4.69) is 47.5 Å². The van der Waals surface area contributed by atoms with Gasteiger partial charge in [-0.25, -0.2) is 5.43 Å². The summed E-state index contributed by atoms with van der Waals surface area (Å²) in [6, 6.07) is 14.4.